The van der Waals surface area contributed by atoms with E-state index in [0.717, 1.165) is 16.5 Å². The van der Waals surface area contributed by atoms with Crippen molar-refractivity contribution in [2.45, 2.75) is 43.4 Å². The maximum atomic E-state index is 12.2. The topological polar surface area (TPSA) is 230 Å². The van der Waals surface area contributed by atoms with E-state index >= 15 is 0 Å². The molecular weight excluding hydrogens is 793 g/mol. The lowest BCUT2D eigenvalue weighted by molar-refractivity contribution is 0.00882. The number of benzene rings is 2. The molecule has 0 spiro atoms. The lowest BCUT2D eigenvalue weighted by Crippen LogP contribution is -2.31. The van der Waals surface area contributed by atoms with Crippen LogP contribution in [0.5, 0.6) is 0 Å². The van der Waals surface area contributed by atoms with Crippen LogP contribution in [0, 0.1) is 0 Å². The molecule has 1 aromatic rings. The van der Waals surface area contributed by atoms with Crippen molar-refractivity contribution in [2.24, 2.45) is 0 Å². The maximum Gasteiger partial charge on any atom is 0.294 e. The molecule has 2 aliphatic heterocycles. The van der Waals surface area contributed by atoms with Crippen molar-refractivity contribution in [1.82, 2.24) is 4.58 Å². The van der Waals surface area contributed by atoms with Gasteiger partial charge in [-0.2, -0.15) is 25.3 Å². The summed E-state index contributed by atoms with van der Waals surface area (Å²) in [5, 5.41) is 9.62. The summed E-state index contributed by atoms with van der Waals surface area (Å²) in [6.45, 7) is 6.76. The second kappa shape index (κ2) is 20.3. The van der Waals surface area contributed by atoms with Crippen LogP contribution in [0.15, 0.2) is 75.9 Å². The van der Waals surface area contributed by atoms with E-state index in [1.807, 2.05) is 59.8 Å². The fraction of sp³-hybridized carbons (Fsp3) is 0.486. The molecule has 1 unspecified atom stereocenters. The fourth-order valence-corrected chi connectivity index (χ4v) is 8.19. The summed E-state index contributed by atoms with van der Waals surface area (Å²) in [5.74, 6) is -0.279. The average molecular weight is 844 g/mol. The summed E-state index contributed by atoms with van der Waals surface area (Å²) in [5.41, 5.74) is 2.50. The van der Waals surface area contributed by atoms with Crippen LogP contribution in [-0.2, 0) is 50.0 Å². The van der Waals surface area contributed by atoms with Gasteiger partial charge in [-0.3, -0.25) is 13.7 Å². The van der Waals surface area contributed by atoms with Crippen molar-refractivity contribution in [3.8, 4) is 11.3 Å². The van der Waals surface area contributed by atoms with Crippen LogP contribution in [-0.4, -0.2) is 121 Å². The minimum Gasteiger partial charge on any atom is -0.464 e. The van der Waals surface area contributed by atoms with Crippen LogP contribution in [0.4, 0.5) is 5.69 Å². The van der Waals surface area contributed by atoms with E-state index in [1.165, 1.54) is 12.1 Å². The summed E-state index contributed by atoms with van der Waals surface area (Å²) < 4.78 is 123. The fourth-order valence-electron chi connectivity index (χ4n) is 6.68. The van der Waals surface area contributed by atoms with Gasteiger partial charge in [0.25, 0.3) is 30.4 Å². The lowest BCUT2D eigenvalue weighted by atomic mass is 9.77. The molecule has 1 atom stereocenters. The van der Waals surface area contributed by atoms with Crippen molar-refractivity contribution in [1.29, 1.82) is 0 Å². The Labute approximate surface area is 328 Å². The zero-order valence-electron chi connectivity index (χ0n) is 31.4. The average Bonchev–Trinajstić information content (AvgIpc) is 3.35. The number of nitrogens with zero attached hydrogens (tertiary/aromatic N) is 2. The van der Waals surface area contributed by atoms with Gasteiger partial charge in [-0.15, -0.1) is 0 Å². The van der Waals surface area contributed by atoms with E-state index in [4.69, 9.17) is 28.3 Å². The molecule has 0 amide bonds. The Kier molecular flexibility index (Phi) is 16.4. The highest BCUT2D eigenvalue weighted by Gasteiger charge is 2.43. The van der Waals surface area contributed by atoms with Gasteiger partial charge in [-0.05, 0) is 74.2 Å². The molecule has 19 heteroatoms. The second-order valence-corrected chi connectivity index (χ2v) is 17.8. The second-order valence-electron chi connectivity index (χ2n) is 13.3. The first kappa shape index (κ1) is 45.2. The van der Waals surface area contributed by atoms with Crippen molar-refractivity contribution in [3.63, 3.8) is 0 Å². The first-order valence-corrected chi connectivity index (χ1v) is 22.7. The third-order valence-electron chi connectivity index (χ3n) is 9.35. The van der Waals surface area contributed by atoms with Gasteiger partial charge in [0.2, 0.25) is 5.36 Å². The predicted molar refractivity (Wildman–Crippen MR) is 210 cm³/mol. The van der Waals surface area contributed by atoms with Crippen LogP contribution in [0.25, 0.3) is 17.4 Å². The van der Waals surface area contributed by atoms with E-state index in [0.29, 0.717) is 62.2 Å². The van der Waals surface area contributed by atoms with Gasteiger partial charge in [0, 0.05) is 41.4 Å². The van der Waals surface area contributed by atoms with E-state index in [-0.39, 0.29) is 56.3 Å². The van der Waals surface area contributed by atoms with Crippen molar-refractivity contribution < 1.29 is 62.6 Å². The Bertz CT molecular complexity index is 2220. The molecule has 310 valence electrons. The number of anilines is 1. The first-order valence-electron chi connectivity index (χ1n) is 18.1. The molecule has 1 aliphatic carbocycles. The van der Waals surface area contributed by atoms with Crippen LogP contribution in [0.2, 0.25) is 0 Å². The van der Waals surface area contributed by atoms with Gasteiger partial charge in [0.15, 0.2) is 0 Å². The number of aliphatic hydroxyl groups excluding tert-OH is 1. The summed E-state index contributed by atoms with van der Waals surface area (Å²) in [6, 6.07) is 11.7. The van der Waals surface area contributed by atoms with Gasteiger partial charge in [0.05, 0.1) is 75.0 Å². The molecule has 0 saturated heterocycles. The zero-order chi connectivity index (χ0) is 41.0. The monoisotopic (exact) mass is 843 g/mol. The highest BCUT2D eigenvalue weighted by molar-refractivity contribution is 7.86. The summed E-state index contributed by atoms with van der Waals surface area (Å²) in [4.78, 5) is 1.64. The quantitative estimate of drug-likeness (QED) is 0.0611. The molecule has 0 bridgehead atoms. The van der Waals surface area contributed by atoms with Gasteiger partial charge in [0.1, 0.15) is 18.8 Å². The molecule has 0 radical (unpaired) electrons. The largest absolute Gasteiger partial charge is 0.464 e. The number of aliphatic hydroxyl groups is 1. The normalized spacial score (nSPS) is 17.7. The van der Waals surface area contributed by atoms with Gasteiger partial charge < -0.3 is 28.6 Å². The minimum atomic E-state index is -4.58. The predicted octanol–water partition coefficient (Wildman–Crippen LogP) is 3.09. The van der Waals surface area contributed by atoms with E-state index < -0.39 is 41.5 Å². The third kappa shape index (κ3) is 13.0. The molecule has 4 N–H and O–H groups in total. The van der Waals surface area contributed by atoms with Gasteiger partial charge >= 0.3 is 0 Å². The Morgan fingerprint density at radius 1 is 0.839 bits per heavy atom. The Hall–Kier alpha value is -3.50. The number of rotatable bonds is 23. The SMILES string of the molecule is CC[N+](CCCS(=O)(=O)O)=c1ccc2c(C=CC=C3N(CCOCCOCCOCCO)c4ccc(S(=O)(=O)O)cc4C3(C)CCCS(=O)(=O)O)ccoc-2c1. The summed E-state index contributed by atoms with van der Waals surface area (Å²) in [6.07, 6.45) is 7.59. The summed E-state index contributed by atoms with van der Waals surface area (Å²) >= 11 is 0. The van der Waals surface area contributed by atoms with Crippen molar-refractivity contribution in [3.05, 3.63) is 83.1 Å². The smallest absolute Gasteiger partial charge is 0.294 e. The standard InChI is InChI=1S/C37H50N2O14S3/c1-3-38(15-6-26-55(44,45)46)30-9-11-32-29(13-18-53-35(32)27-30)7-4-8-36-37(2,14-5-25-54(41,42)43)33-28-31(56(47,48)49)10-12-34(33)39(36)16-19-50-21-23-52-24-22-51-20-17-40/h4,7-13,18,27-28,40H,3,5-6,14-17,19-26H2,1-2H3,(H2-,41,42,43,44,45,46,47,48,49)/p+1. The van der Waals surface area contributed by atoms with E-state index in [1.54, 1.807) is 18.4 Å². The van der Waals surface area contributed by atoms with Crippen LogP contribution < -0.4 is 14.8 Å². The van der Waals surface area contributed by atoms with Crippen LogP contribution >= 0.6 is 0 Å². The molecule has 16 nitrogen and oxygen atoms in total. The molecule has 4 rings (SSSR count). The van der Waals surface area contributed by atoms with Crippen LogP contribution in [0.3, 0.4) is 0 Å². The minimum absolute atomic E-state index is 0.0490. The molecular formula is C37H51N2O14S3+. The van der Waals surface area contributed by atoms with Crippen LogP contribution in [0.1, 0.15) is 44.2 Å². The highest BCUT2D eigenvalue weighted by Crippen LogP contribution is 2.51. The van der Waals surface area contributed by atoms with Gasteiger partial charge in [-0.25, -0.2) is 4.58 Å². The number of ether oxygens (including phenoxy) is 3. The third-order valence-corrected chi connectivity index (χ3v) is 11.8. The zero-order valence-corrected chi connectivity index (χ0v) is 33.9. The molecule has 0 aromatic heterocycles. The maximum absolute atomic E-state index is 12.2. The highest BCUT2D eigenvalue weighted by atomic mass is 32.2. The van der Waals surface area contributed by atoms with Gasteiger partial charge in [-0.1, -0.05) is 12.2 Å². The number of hydrogen-bond acceptors (Lipinski definition) is 12. The molecule has 0 fully saturated rings. The number of hydrogen-bond donors (Lipinski definition) is 4. The van der Waals surface area contributed by atoms with Crippen molar-refractivity contribution >= 4 is 42.1 Å². The van der Waals surface area contributed by atoms with E-state index in [2.05, 4.69) is 0 Å². The molecule has 1 aromatic carbocycles. The Balaban J connectivity index is 1.67. The molecule has 2 heterocycles. The molecule has 0 saturated carbocycles. The van der Waals surface area contributed by atoms with Crippen molar-refractivity contribution in [2.75, 3.05) is 82.3 Å². The molecule has 56 heavy (non-hydrogen) atoms. The number of fused-ring (bicyclic) bond motifs is 2. The lowest BCUT2D eigenvalue weighted by Gasteiger charge is -2.30. The number of allylic oxidation sites excluding steroid dienone is 3. The van der Waals surface area contributed by atoms with E-state index in [9.17, 15) is 34.4 Å². The Morgan fingerprint density at radius 3 is 2.14 bits per heavy atom. The summed E-state index contributed by atoms with van der Waals surface area (Å²) in [7, 11) is -12.9. The molecule has 3 aliphatic rings. The first-order chi connectivity index (χ1) is 26.5. The Morgan fingerprint density at radius 2 is 1.50 bits per heavy atom.